The third-order valence-corrected chi connectivity index (χ3v) is 2.00. The molecule has 1 heterocycles. The minimum Gasteiger partial charge on any atom is -0.461 e. The van der Waals surface area contributed by atoms with Crippen LogP contribution in [0.2, 0.25) is 0 Å². The van der Waals surface area contributed by atoms with Crippen LogP contribution in [-0.4, -0.2) is 22.5 Å². The first-order valence-corrected chi connectivity index (χ1v) is 4.90. The molecule has 0 radical (unpaired) electrons. The second-order valence-electron chi connectivity index (χ2n) is 3.06. The summed E-state index contributed by atoms with van der Waals surface area (Å²) < 4.78 is 4.82. The predicted molar refractivity (Wildman–Crippen MR) is 56.5 cm³/mol. The number of nitrogens with two attached hydrogens (primary N) is 1. The SMILES string of the molecule is CCOC(=O)c1nc(C)c(CC)nc1N. The molecule has 0 amide bonds. The van der Waals surface area contributed by atoms with Crippen LogP contribution in [0.1, 0.15) is 35.7 Å². The highest BCUT2D eigenvalue weighted by molar-refractivity contribution is 5.91. The number of carbonyl (C=O) groups is 1. The molecule has 0 aliphatic carbocycles. The van der Waals surface area contributed by atoms with Gasteiger partial charge >= 0.3 is 5.97 Å². The number of hydrogen-bond acceptors (Lipinski definition) is 5. The third-order valence-electron chi connectivity index (χ3n) is 2.00. The number of hydrogen-bond donors (Lipinski definition) is 1. The minimum absolute atomic E-state index is 0.103. The van der Waals surface area contributed by atoms with E-state index in [9.17, 15) is 4.79 Å². The zero-order chi connectivity index (χ0) is 11.4. The maximum Gasteiger partial charge on any atom is 0.360 e. The Morgan fingerprint density at radius 2 is 2.07 bits per heavy atom. The molecule has 1 aromatic heterocycles. The summed E-state index contributed by atoms with van der Waals surface area (Å²) in [5.41, 5.74) is 7.25. The predicted octanol–water partition coefficient (Wildman–Crippen LogP) is 1.11. The van der Waals surface area contributed by atoms with Crippen molar-refractivity contribution in [1.29, 1.82) is 0 Å². The molecule has 82 valence electrons. The second kappa shape index (κ2) is 4.72. The van der Waals surface area contributed by atoms with Crippen molar-refractivity contribution >= 4 is 11.8 Å². The summed E-state index contributed by atoms with van der Waals surface area (Å²) in [6.07, 6.45) is 0.742. The lowest BCUT2D eigenvalue weighted by Gasteiger charge is -2.07. The molecule has 0 fully saturated rings. The van der Waals surface area contributed by atoms with Crippen LogP contribution in [0.3, 0.4) is 0 Å². The first-order chi connectivity index (χ1) is 7.10. The Balaban J connectivity index is 3.10. The van der Waals surface area contributed by atoms with Gasteiger partial charge in [0.2, 0.25) is 0 Å². The van der Waals surface area contributed by atoms with Crippen molar-refractivity contribution in [3.8, 4) is 0 Å². The lowest BCUT2D eigenvalue weighted by atomic mass is 10.2. The second-order valence-corrected chi connectivity index (χ2v) is 3.06. The number of aromatic nitrogens is 2. The number of nitrogens with zero attached hydrogens (tertiary/aromatic N) is 2. The van der Waals surface area contributed by atoms with Crippen LogP contribution in [-0.2, 0) is 11.2 Å². The van der Waals surface area contributed by atoms with Gasteiger partial charge < -0.3 is 10.5 Å². The summed E-state index contributed by atoms with van der Waals surface area (Å²) in [4.78, 5) is 19.6. The van der Waals surface area contributed by atoms with Crippen molar-refractivity contribution in [3.05, 3.63) is 17.1 Å². The van der Waals surface area contributed by atoms with E-state index >= 15 is 0 Å². The Morgan fingerprint density at radius 3 is 2.60 bits per heavy atom. The molecule has 0 unspecified atom stereocenters. The largest absolute Gasteiger partial charge is 0.461 e. The van der Waals surface area contributed by atoms with E-state index in [1.165, 1.54) is 0 Å². The Morgan fingerprint density at radius 1 is 1.40 bits per heavy atom. The zero-order valence-electron chi connectivity index (χ0n) is 9.20. The van der Waals surface area contributed by atoms with Crippen molar-refractivity contribution < 1.29 is 9.53 Å². The van der Waals surface area contributed by atoms with Crippen LogP contribution >= 0.6 is 0 Å². The topological polar surface area (TPSA) is 78.1 Å². The molecule has 1 aromatic rings. The van der Waals surface area contributed by atoms with Crippen LogP contribution in [0.15, 0.2) is 0 Å². The van der Waals surface area contributed by atoms with Crippen LogP contribution in [0.4, 0.5) is 5.82 Å². The highest BCUT2D eigenvalue weighted by Crippen LogP contribution is 2.12. The molecule has 0 saturated carbocycles. The quantitative estimate of drug-likeness (QED) is 0.754. The summed E-state index contributed by atoms with van der Waals surface area (Å²) in [5, 5.41) is 0. The van der Waals surface area contributed by atoms with Gasteiger partial charge in [0.1, 0.15) is 0 Å². The van der Waals surface area contributed by atoms with Crippen LogP contribution in [0.5, 0.6) is 0 Å². The van der Waals surface area contributed by atoms with Crippen LogP contribution in [0, 0.1) is 6.92 Å². The number of esters is 1. The van der Waals surface area contributed by atoms with E-state index in [0.29, 0.717) is 6.61 Å². The number of aryl methyl sites for hydroxylation is 2. The lowest BCUT2D eigenvalue weighted by molar-refractivity contribution is 0.0520. The molecule has 1 rings (SSSR count). The van der Waals surface area contributed by atoms with Gasteiger partial charge in [-0.05, 0) is 20.3 Å². The smallest absolute Gasteiger partial charge is 0.360 e. The summed E-state index contributed by atoms with van der Waals surface area (Å²) in [6, 6.07) is 0. The van der Waals surface area contributed by atoms with E-state index < -0.39 is 5.97 Å². The first-order valence-electron chi connectivity index (χ1n) is 4.90. The monoisotopic (exact) mass is 209 g/mol. The number of nitrogen functional groups attached to an aromatic ring is 1. The normalized spacial score (nSPS) is 10.1. The molecule has 15 heavy (non-hydrogen) atoms. The van der Waals surface area contributed by atoms with Gasteiger partial charge in [-0.25, -0.2) is 14.8 Å². The molecule has 0 atom stereocenters. The molecule has 0 aliphatic rings. The van der Waals surface area contributed by atoms with Gasteiger partial charge in [-0.2, -0.15) is 0 Å². The highest BCUT2D eigenvalue weighted by Gasteiger charge is 2.15. The van der Waals surface area contributed by atoms with E-state index in [4.69, 9.17) is 10.5 Å². The average Bonchev–Trinajstić information content (AvgIpc) is 2.21. The minimum atomic E-state index is -0.520. The fraction of sp³-hybridized carbons (Fsp3) is 0.500. The molecular weight excluding hydrogens is 194 g/mol. The van der Waals surface area contributed by atoms with Crippen molar-refractivity contribution in [3.63, 3.8) is 0 Å². The number of rotatable bonds is 3. The summed E-state index contributed by atoms with van der Waals surface area (Å²) in [7, 11) is 0. The van der Waals surface area contributed by atoms with Gasteiger partial charge in [0, 0.05) is 0 Å². The Labute approximate surface area is 88.7 Å². The van der Waals surface area contributed by atoms with E-state index in [2.05, 4.69) is 9.97 Å². The molecule has 2 N–H and O–H groups in total. The van der Waals surface area contributed by atoms with E-state index in [1.54, 1.807) is 13.8 Å². The number of anilines is 1. The van der Waals surface area contributed by atoms with Gasteiger partial charge in [-0.15, -0.1) is 0 Å². The lowest BCUT2D eigenvalue weighted by Crippen LogP contribution is -2.14. The summed E-state index contributed by atoms with van der Waals surface area (Å²) in [6.45, 7) is 5.79. The maximum atomic E-state index is 11.4. The highest BCUT2D eigenvalue weighted by atomic mass is 16.5. The molecule has 0 spiro atoms. The first kappa shape index (κ1) is 11.4. The van der Waals surface area contributed by atoms with Gasteiger partial charge in [0.15, 0.2) is 11.5 Å². The Bertz CT molecular complexity index is 377. The van der Waals surface area contributed by atoms with Crippen molar-refractivity contribution in [1.82, 2.24) is 9.97 Å². The summed E-state index contributed by atoms with van der Waals surface area (Å²) >= 11 is 0. The molecule has 0 bridgehead atoms. The third kappa shape index (κ3) is 2.43. The molecule has 5 heteroatoms. The van der Waals surface area contributed by atoms with E-state index in [0.717, 1.165) is 17.8 Å². The molecule has 5 nitrogen and oxygen atoms in total. The van der Waals surface area contributed by atoms with E-state index in [1.807, 2.05) is 6.92 Å². The van der Waals surface area contributed by atoms with Gasteiger partial charge in [-0.1, -0.05) is 6.92 Å². The molecule has 0 aromatic carbocycles. The number of ether oxygens (including phenoxy) is 1. The van der Waals surface area contributed by atoms with Gasteiger partial charge in [0.05, 0.1) is 18.0 Å². The fourth-order valence-electron chi connectivity index (χ4n) is 1.25. The standard InChI is InChI=1S/C10H15N3O2/c1-4-7-6(3)12-8(9(11)13-7)10(14)15-5-2/h4-5H2,1-3H3,(H2,11,13). The van der Waals surface area contributed by atoms with Crippen molar-refractivity contribution in [2.24, 2.45) is 0 Å². The summed E-state index contributed by atoms with van der Waals surface area (Å²) in [5.74, 6) is -0.385. The van der Waals surface area contributed by atoms with Crippen molar-refractivity contribution in [2.45, 2.75) is 27.2 Å². The van der Waals surface area contributed by atoms with Crippen LogP contribution in [0.25, 0.3) is 0 Å². The molecule has 0 aliphatic heterocycles. The molecule has 0 saturated heterocycles. The zero-order valence-corrected chi connectivity index (χ0v) is 9.20. The van der Waals surface area contributed by atoms with E-state index in [-0.39, 0.29) is 11.5 Å². The van der Waals surface area contributed by atoms with Gasteiger partial charge in [0.25, 0.3) is 0 Å². The average molecular weight is 209 g/mol. The van der Waals surface area contributed by atoms with Crippen molar-refractivity contribution in [2.75, 3.05) is 12.3 Å². The Hall–Kier alpha value is -1.65. The number of carbonyl (C=O) groups excluding carboxylic acids is 1. The maximum absolute atomic E-state index is 11.4. The molecular formula is C10H15N3O2. The van der Waals surface area contributed by atoms with Gasteiger partial charge in [-0.3, -0.25) is 0 Å². The Kier molecular flexibility index (Phi) is 3.60. The fourth-order valence-corrected chi connectivity index (χ4v) is 1.25. The van der Waals surface area contributed by atoms with Crippen LogP contribution < -0.4 is 5.73 Å².